The standard InChI is InChI=1S/C20H23N3O3/c1-2-26-13-7-12-22-20(25)18(14-16-8-6-11-21-15-16)23-19(24)17-9-4-3-5-10-17/h3-6,8-11,14-15H,2,7,12-13H2,1H3,(H,22,25)(H,23,24)/b18-14+. The van der Waals surface area contributed by atoms with E-state index in [2.05, 4.69) is 15.6 Å². The lowest BCUT2D eigenvalue weighted by atomic mass is 10.2. The van der Waals surface area contributed by atoms with Crippen LogP contribution >= 0.6 is 0 Å². The van der Waals surface area contributed by atoms with Crippen LogP contribution < -0.4 is 10.6 Å². The van der Waals surface area contributed by atoms with Gasteiger partial charge < -0.3 is 15.4 Å². The summed E-state index contributed by atoms with van der Waals surface area (Å²) in [6.45, 7) is 3.61. The van der Waals surface area contributed by atoms with E-state index in [4.69, 9.17) is 4.74 Å². The average molecular weight is 353 g/mol. The molecule has 6 heteroatoms. The number of carbonyl (C=O) groups excluding carboxylic acids is 2. The first kappa shape index (κ1) is 19.3. The first-order valence-electron chi connectivity index (χ1n) is 8.54. The SMILES string of the molecule is CCOCCCNC(=O)/C(=C\c1cccnc1)NC(=O)c1ccccc1. The van der Waals surface area contributed by atoms with Gasteiger partial charge in [0.2, 0.25) is 0 Å². The van der Waals surface area contributed by atoms with E-state index < -0.39 is 0 Å². The van der Waals surface area contributed by atoms with E-state index in [0.29, 0.717) is 31.7 Å². The molecule has 1 heterocycles. The summed E-state index contributed by atoms with van der Waals surface area (Å²) in [5, 5.41) is 5.48. The van der Waals surface area contributed by atoms with Crippen LogP contribution in [0.15, 0.2) is 60.6 Å². The summed E-state index contributed by atoms with van der Waals surface area (Å²) in [5.41, 5.74) is 1.37. The molecular formula is C20H23N3O3. The van der Waals surface area contributed by atoms with Crippen molar-refractivity contribution >= 4 is 17.9 Å². The molecule has 0 bridgehead atoms. The van der Waals surface area contributed by atoms with Gasteiger partial charge in [0.1, 0.15) is 5.70 Å². The monoisotopic (exact) mass is 353 g/mol. The van der Waals surface area contributed by atoms with Gasteiger partial charge in [0.25, 0.3) is 11.8 Å². The molecular weight excluding hydrogens is 330 g/mol. The number of rotatable bonds is 9. The topological polar surface area (TPSA) is 80.3 Å². The Morgan fingerprint density at radius 2 is 1.96 bits per heavy atom. The molecule has 2 rings (SSSR count). The van der Waals surface area contributed by atoms with Crippen LogP contribution in [0.4, 0.5) is 0 Å². The van der Waals surface area contributed by atoms with Gasteiger partial charge in [-0.15, -0.1) is 0 Å². The van der Waals surface area contributed by atoms with Gasteiger partial charge in [0.15, 0.2) is 0 Å². The molecule has 1 aromatic carbocycles. The maximum absolute atomic E-state index is 12.5. The molecule has 0 aliphatic rings. The van der Waals surface area contributed by atoms with Gasteiger partial charge in [0, 0.05) is 37.7 Å². The van der Waals surface area contributed by atoms with Crippen LogP contribution in [0, 0.1) is 0 Å². The van der Waals surface area contributed by atoms with Crippen LogP contribution in [0.25, 0.3) is 6.08 Å². The van der Waals surface area contributed by atoms with Crippen molar-refractivity contribution in [3.05, 3.63) is 71.7 Å². The lowest BCUT2D eigenvalue weighted by Gasteiger charge is -2.11. The van der Waals surface area contributed by atoms with E-state index in [1.165, 1.54) is 0 Å². The van der Waals surface area contributed by atoms with Crippen molar-refractivity contribution in [2.75, 3.05) is 19.8 Å². The highest BCUT2D eigenvalue weighted by molar-refractivity contribution is 6.05. The minimum absolute atomic E-state index is 0.170. The van der Waals surface area contributed by atoms with Crippen molar-refractivity contribution in [2.24, 2.45) is 0 Å². The molecule has 0 radical (unpaired) electrons. The first-order valence-corrected chi connectivity index (χ1v) is 8.54. The molecule has 2 amide bonds. The smallest absolute Gasteiger partial charge is 0.267 e. The maximum Gasteiger partial charge on any atom is 0.267 e. The number of nitrogens with zero attached hydrogens (tertiary/aromatic N) is 1. The molecule has 0 fully saturated rings. The number of hydrogen-bond donors (Lipinski definition) is 2. The third kappa shape index (κ3) is 6.49. The maximum atomic E-state index is 12.5. The molecule has 0 aliphatic heterocycles. The summed E-state index contributed by atoms with van der Waals surface area (Å²) in [5.74, 6) is -0.695. The molecule has 0 aliphatic carbocycles. The Hall–Kier alpha value is -2.99. The largest absolute Gasteiger partial charge is 0.382 e. The number of benzene rings is 1. The highest BCUT2D eigenvalue weighted by atomic mass is 16.5. The van der Waals surface area contributed by atoms with E-state index in [1.54, 1.807) is 48.8 Å². The van der Waals surface area contributed by atoms with Crippen LogP contribution in [0.5, 0.6) is 0 Å². The minimum Gasteiger partial charge on any atom is -0.382 e. The normalized spacial score (nSPS) is 11.0. The molecule has 26 heavy (non-hydrogen) atoms. The second kappa shape index (κ2) is 10.8. The Morgan fingerprint density at radius 1 is 1.15 bits per heavy atom. The fraction of sp³-hybridized carbons (Fsp3) is 0.250. The Bertz CT molecular complexity index is 730. The van der Waals surface area contributed by atoms with Crippen LogP contribution in [0.2, 0.25) is 0 Å². The summed E-state index contributed by atoms with van der Waals surface area (Å²) in [7, 11) is 0. The molecule has 136 valence electrons. The average Bonchev–Trinajstić information content (AvgIpc) is 2.68. The molecule has 2 N–H and O–H groups in total. The number of pyridine rings is 1. The van der Waals surface area contributed by atoms with Crippen molar-refractivity contribution in [1.29, 1.82) is 0 Å². The first-order chi connectivity index (χ1) is 12.7. The quantitative estimate of drug-likeness (QED) is 0.536. The molecule has 1 aromatic heterocycles. The lowest BCUT2D eigenvalue weighted by molar-refractivity contribution is -0.117. The van der Waals surface area contributed by atoms with Gasteiger partial charge in [-0.05, 0) is 43.2 Å². The van der Waals surface area contributed by atoms with Crippen molar-refractivity contribution in [3.63, 3.8) is 0 Å². The Labute approximate surface area is 153 Å². The fourth-order valence-corrected chi connectivity index (χ4v) is 2.19. The zero-order valence-corrected chi connectivity index (χ0v) is 14.8. The second-order valence-corrected chi connectivity index (χ2v) is 5.47. The zero-order valence-electron chi connectivity index (χ0n) is 14.8. The van der Waals surface area contributed by atoms with Crippen LogP contribution in [0.3, 0.4) is 0 Å². The molecule has 0 saturated heterocycles. The van der Waals surface area contributed by atoms with E-state index in [9.17, 15) is 9.59 Å². The number of ether oxygens (including phenoxy) is 1. The van der Waals surface area contributed by atoms with Gasteiger partial charge in [-0.2, -0.15) is 0 Å². The minimum atomic E-state index is -0.352. The Balaban J connectivity index is 2.08. The molecule has 6 nitrogen and oxygen atoms in total. The number of aromatic nitrogens is 1. The summed E-state index contributed by atoms with van der Waals surface area (Å²) >= 11 is 0. The third-order valence-corrected chi connectivity index (χ3v) is 3.48. The fourth-order valence-electron chi connectivity index (χ4n) is 2.19. The summed E-state index contributed by atoms with van der Waals surface area (Å²) in [6.07, 6.45) is 5.57. The predicted octanol–water partition coefficient (Wildman–Crippen LogP) is 2.40. The van der Waals surface area contributed by atoms with Crippen molar-refractivity contribution in [2.45, 2.75) is 13.3 Å². The van der Waals surface area contributed by atoms with Crippen molar-refractivity contribution in [3.8, 4) is 0 Å². The number of nitrogens with one attached hydrogen (secondary N) is 2. The Morgan fingerprint density at radius 3 is 2.65 bits per heavy atom. The molecule has 0 saturated carbocycles. The number of hydrogen-bond acceptors (Lipinski definition) is 4. The van der Waals surface area contributed by atoms with E-state index >= 15 is 0 Å². The highest BCUT2D eigenvalue weighted by Crippen LogP contribution is 2.06. The molecule has 2 aromatic rings. The molecule has 0 atom stereocenters. The van der Waals surface area contributed by atoms with E-state index in [-0.39, 0.29) is 17.5 Å². The molecule has 0 unspecified atom stereocenters. The van der Waals surface area contributed by atoms with Gasteiger partial charge in [-0.3, -0.25) is 14.6 Å². The van der Waals surface area contributed by atoms with Crippen LogP contribution in [-0.2, 0) is 9.53 Å². The highest BCUT2D eigenvalue weighted by Gasteiger charge is 2.14. The van der Waals surface area contributed by atoms with Crippen LogP contribution in [-0.4, -0.2) is 36.6 Å². The summed E-state index contributed by atoms with van der Waals surface area (Å²) in [6, 6.07) is 12.3. The summed E-state index contributed by atoms with van der Waals surface area (Å²) in [4.78, 5) is 28.9. The van der Waals surface area contributed by atoms with E-state index in [1.807, 2.05) is 19.1 Å². The van der Waals surface area contributed by atoms with Gasteiger partial charge >= 0.3 is 0 Å². The third-order valence-electron chi connectivity index (χ3n) is 3.48. The number of carbonyl (C=O) groups is 2. The lowest BCUT2D eigenvalue weighted by Crippen LogP contribution is -2.35. The van der Waals surface area contributed by atoms with Gasteiger partial charge in [-0.25, -0.2) is 0 Å². The van der Waals surface area contributed by atoms with Gasteiger partial charge in [0.05, 0.1) is 0 Å². The van der Waals surface area contributed by atoms with Crippen molar-refractivity contribution < 1.29 is 14.3 Å². The zero-order chi connectivity index (χ0) is 18.6. The van der Waals surface area contributed by atoms with Crippen LogP contribution in [0.1, 0.15) is 29.3 Å². The Kier molecular flexibility index (Phi) is 8.02. The molecule has 0 spiro atoms. The number of amides is 2. The van der Waals surface area contributed by atoms with Gasteiger partial charge in [-0.1, -0.05) is 24.3 Å². The predicted molar refractivity (Wildman–Crippen MR) is 100 cm³/mol. The second-order valence-electron chi connectivity index (χ2n) is 5.47. The summed E-state index contributed by atoms with van der Waals surface area (Å²) < 4.78 is 5.25. The van der Waals surface area contributed by atoms with E-state index in [0.717, 1.165) is 5.56 Å². The van der Waals surface area contributed by atoms with Crippen molar-refractivity contribution in [1.82, 2.24) is 15.6 Å².